The molecule has 1 aromatic carbocycles. The molecule has 0 bridgehead atoms. The highest BCUT2D eigenvalue weighted by Crippen LogP contribution is 2.35. The quantitative estimate of drug-likeness (QED) is 0.782. The van der Waals surface area contributed by atoms with Gasteiger partial charge in [0.05, 0.1) is 7.11 Å². The highest BCUT2D eigenvalue weighted by molar-refractivity contribution is 5.84. The molecule has 0 unspecified atom stereocenters. The van der Waals surface area contributed by atoms with Gasteiger partial charge in [0.15, 0.2) is 0 Å². The van der Waals surface area contributed by atoms with E-state index in [-0.39, 0.29) is 6.09 Å². The molecule has 2 saturated heterocycles. The number of fused-ring (bicyclic) bond motifs is 1. The zero-order valence-corrected chi connectivity index (χ0v) is 17.3. The average Bonchev–Trinajstić information content (AvgIpc) is 3.12. The van der Waals surface area contributed by atoms with Crippen molar-refractivity contribution in [1.29, 1.82) is 0 Å². The van der Waals surface area contributed by atoms with Crippen LogP contribution in [-0.4, -0.2) is 59.8 Å². The molecule has 0 radical (unpaired) electrons. The van der Waals surface area contributed by atoms with Crippen LogP contribution in [0.5, 0.6) is 0 Å². The van der Waals surface area contributed by atoms with E-state index >= 15 is 0 Å². The SMILES string of the molecule is CCCn1cc(C2CCN(C3CCN(C(=O)OC)CC3)CC2)c2ccccc21. The number of piperidine rings is 2. The Morgan fingerprint density at radius 3 is 2.46 bits per heavy atom. The van der Waals surface area contributed by atoms with Gasteiger partial charge in [-0.3, -0.25) is 0 Å². The molecule has 2 aromatic rings. The number of amides is 1. The molecule has 152 valence electrons. The fourth-order valence-corrected chi connectivity index (χ4v) is 5.14. The molecule has 1 aromatic heterocycles. The number of benzene rings is 1. The lowest BCUT2D eigenvalue weighted by molar-refractivity contribution is 0.0734. The first-order valence-corrected chi connectivity index (χ1v) is 10.9. The zero-order chi connectivity index (χ0) is 19.5. The first-order chi connectivity index (χ1) is 13.7. The van der Waals surface area contributed by atoms with Gasteiger partial charge in [0.2, 0.25) is 0 Å². The molecule has 5 heteroatoms. The molecule has 28 heavy (non-hydrogen) atoms. The molecule has 4 rings (SSSR count). The van der Waals surface area contributed by atoms with E-state index in [4.69, 9.17) is 4.74 Å². The Bertz CT molecular complexity index is 799. The molecular weight excluding hydrogens is 350 g/mol. The maximum Gasteiger partial charge on any atom is 0.409 e. The Kier molecular flexibility index (Phi) is 5.90. The number of rotatable bonds is 4. The van der Waals surface area contributed by atoms with Gasteiger partial charge in [0.1, 0.15) is 0 Å². The molecule has 0 aliphatic carbocycles. The molecule has 0 saturated carbocycles. The number of hydrogen-bond donors (Lipinski definition) is 0. The molecule has 2 aliphatic rings. The van der Waals surface area contributed by atoms with Crippen molar-refractivity contribution in [3.8, 4) is 0 Å². The molecule has 0 atom stereocenters. The molecule has 5 nitrogen and oxygen atoms in total. The zero-order valence-electron chi connectivity index (χ0n) is 17.3. The first-order valence-electron chi connectivity index (χ1n) is 10.9. The summed E-state index contributed by atoms with van der Waals surface area (Å²) in [7, 11) is 1.47. The molecule has 0 spiro atoms. The lowest BCUT2D eigenvalue weighted by Gasteiger charge is -2.41. The number of aromatic nitrogens is 1. The van der Waals surface area contributed by atoms with Crippen LogP contribution in [-0.2, 0) is 11.3 Å². The van der Waals surface area contributed by atoms with Crippen molar-refractivity contribution in [2.75, 3.05) is 33.3 Å². The Morgan fingerprint density at radius 1 is 1.07 bits per heavy atom. The number of likely N-dealkylation sites (tertiary alicyclic amines) is 2. The summed E-state index contributed by atoms with van der Waals surface area (Å²) in [6.45, 7) is 7.32. The third-order valence-electron chi connectivity index (χ3n) is 6.67. The predicted octanol–water partition coefficient (Wildman–Crippen LogP) is 4.46. The van der Waals surface area contributed by atoms with E-state index in [1.807, 2.05) is 4.90 Å². The van der Waals surface area contributed by atoms with Crippen molar-refractivity contribution in [2.45, 2.75) is 57.5 Å². The third kappa shape index (κ3) is 3.77. The minimum Gasteiger partial charge on any atom is -0.453 e. The van der Waals surface area contributed by atoms with Crippen LogP contribution in [0.3, 0.4) is 0 Å². The fourth-order valence-electron chi connectivity index (χ4n) is 5.14. The number of aryl methyl sites for hydroxylation is 1. The molecule has 3 heterocycles. The van der Waals surface area contributed by atoms with Crippen LogP contribution in [0.15, 0.2) is 30.5 Å². The largest absolute Gasteiger partial charge is 0.453 e. The van der Waals surface area contributed by atoms with Gasteiger partial charge in [-0.15, -0.1) is 0 Å². The summed E-state index contributed by atoms with van der Waals surface area (Å²) in [5.74, 6) is 0.661. The monoisotopic (exact) mass is 383 g/mol. The highest BCUT2D eigenvalue weighted by Gasteiger charge is 2.31. The van der Waals surface area contributed by atoms with Crippen LogP contribution < -0.4 is 0 Å². The van der Waals surface area contributed by atoms with Gasteiger partial charge in [-0.2, -0.15) is 0 Å². The standard InChI is InChI=1S/C23H33N3O2/c1-3-12-26-17-21(20-6-4-5-7-22(20)26)18-8-13-24(14-9-18)19-10-15-25(16-11-19)23(27)28-2/h4-7,17-19H,3,8-16H2,1-2H3. The predicted molar refractivity (Wildman–Crippen MR) is 113 cm³/mol. The van der Waals surface area contributed by atoms with Gasteiger partial charge in [-0.25, -0.2) is 4.79 Å². The minimum absolute atomic E-state index is 0.180. The third-order valence-corrected chi connectivity index (χ3v) is 6.67. The van der Waals surface area contributed by atoms with E-state index < -0.39 is 0 Å². The van der Waals surface area contributed by atoms with Gasteiger partial charge in [-0.05, 0) is 62.7 Å². The van der Waals surface area contributed by atoms with E-state index in [9.17, 15) is 4.79 Å². The fraction of sp³-hybridized carbons (Fsp3) is 0.609. The smallest absolute Gasteiger partial charge is 0.409 e. The van der Waals surface area contributed by atoms with Crippen molar-refractivity contribution in [3.05, 3.63) is 36.0 Å². The maximum atomic E-state index is 11.7. The number of hydrogen-bond acceptors (Lipinski definition) is 3. The lowest BCUT2D eigenvalue weighted by Crippen LogP contribution is -2.48. The van der Waals surface area contributed by atoms with Crippen molar-refractivity contribution >= 4 is 17.0 Å². The van der Waals surface area contributed by atoms with E-state index in [0.717, 1.165) is 32.5 Å². The minimum atomic E-state index is -0.180. The summed E-state index contributed by atoms with van der Waals surface area (Å²) in [5.41, 5.74) is 2.93. The molecule has 0 N–H and O–H groups in total. The van der Waals surface area contributed by atoms with Gasteiger partial charge < -0.3 is 19.1 Å². The van der Waals surface area contributed by atoms with Crippen LogP contribution in [0.4, 0.5) is 4.79 Å². The summed E-state index contributed by atoms with van der Waals surface area (Å²) in [4.78, 5) is 16.2. The van der Waals surface area contributed by atoms with Crippen molar-refractivity contribution in [1.82, 2.24) is 14.4 Å². The number of carbonyl (C=O) groups is 1. The Morgan fingerprint density at radius 2 is 1.79 bits per heavy atom. The summed E-state index contributed by atoms with van der Waals surface area (Å²) in [6.07, 6.45) is 8.00. The Labute approximate surface area is 168 Å². The first kappa shape index (κ1) is 19.3. The second-order valence-electron chi connectivity index (χ2n) is 8.29. The Hall–Kier alpha value is -2.01. The van der Waals surface area contributed by atoms with Crippen molar-refractivity contribution in [2.24, 2.45) is 0 Å². The molecule has 2 fully saturated rings. The molecule has 1 amide bonds. The number of ether oxygens (including phenoxy) is 1. The summed E-state index contributed by atoms with van der Waals surface area (Å²) in [6, 6.07) is 9.50. The van der Waals surface area contributed by atoms with E-state index in [1.165, 1.54) is 50.4 Å². The maximum absolute atomic E-state index is 11.7. The average molecular weight is 384 g/mol. The van der Waals surface area contributed by atoms with Gasteiger partial charge in [-0.1, -0.05) is 25.1 Å². The van der Waals surface area contributed by atoms with Gasteiger partial charge in [0, 0.05) is 42.8 Å². The number of para-hydroxylation sites is 1. The normalized spacial score (nSPS) is 20.0. The number of methoxy groups -OCH3 is 1. The number of carbonyl (C=O) groups excluding carboxylic acids is 1. The van der Waals surface area contributed by atoms with Gasteiger partial charge >= 0.3 is 6.09 Å². The van der Waals surface area contributed by atoms with E-state index in [2.05, 4.69) is 46.9 Å². The van der Waals surface area contributed by atoms with Gasteiger partial charge in [0.25, 0.3) is 0 Å². The van der Waals surface area contributed by atoms with Crippen molar-refractivity contribution < 1.29 is 9.53 Å². The highest BCUT2D eigenvalue weighted by atomic mass is 16.5. The van der Waals surface area contributed by atoms with E-state index in [1.54, 1.807) is 5.56 Å². The topological polar surface area (TPSA) is 37.7 Å². The summed E-state index contributed by atoms with van der Waals surface area (Å²) < 4.78 is 7.30. The summed E-state index contributed by atoms with van der Waals surface area (Å²) in [5, 5.41) is 1.45. The van der Waals surface area contributed by atoms with Crippen LogP contribution >= 0.6 is 0 Å². The molecule has 2 aliphatic heterocycles. The molecular formula is C23H33N3O2. The second-order valence-corrected chi connectivity index (χ2v) is 8.29. The second kappa shape index (κ2) is 8.56. The summed E-state index contributed by atoms with van der Waals surface area (Å²) >= 11 is 0. The number of nitrogens with zero attached hydrogens (tertiary/aromatic N) is 3. The van der Waals surface area contributed by atoms with Crippen LogP contribution in [0.2, 0.25) is 0 Å². The lowest BCUT2D eigenvalue weighted by atomic mass is 9.88. The van der Waals surface area contributed by atoms with Crippen LogP contribution in [0.25, 0.3) is 10.9 Å². The van der Waals surface area contributed by atoms with Crippen LogP contribution in [0, 0.1) is 0 Å². The Balaban J connectivity index is 1.39. The van der Waals surface area contributed by atoms with Crippen LogP contribution in [0.1, 0.15) is 50.5 Å². The van der Waals surface area contributed by atoms with E-state index in [0.29, 0.717) is 12.0 Å². The van der Waals surface area contributed by atoms with Crippen molar-refractivity contribution in [3.63, 3.8) is 0 Å².